The van der Waals surface area contributed by atoms with Crippen LogP contribution in [0.25, 0.3) is 0 Å². The average Bonchev–Trinajstić information content (AvgIpc) is 3.24. The predicted octanol–water partition coefficient (Wildman–Crippen LogP) is 2.37. The number of hydrogen-bond donors (Lipinski definition) is 2. The lowest BCUT2D eigenvalue weighted by Gasteiger charge is -2.17. The molecule has 3 aromatic rings. The van der Waals surface area contributed by atoms with Gasteiger partial charge in [-0.25, -0.2) is 8.78 Å². The fourth-order valence-corrected chi connectivity index (χ4v) is 2.52. The Bertz CT molecular complexity index is 781. The summed E-state index contributed by atoms with van der Waals surface area (Å²) in [6, 6.07) is 10.2. The number of carbonyl (C=O) groups excluding carboxylic acids is 1. The Morgan fingerprint density at radius 2 is 1.64 bits per heavy atom. The van der Waals surface area contributed by atoms with E-state index in [0.717, 1.165) is 28.6 Å². The van der Waals surface area contributed by atoms with Gasteiger partial charge < -0.3 is 19.1 Å². The van der Waals surface area contributed by atoms with E-state index >= 15 is 0 Å². The lowest BCUT2D eigenvalue weighted by atomic mass is 10.3. The van der Waals surface area contributed by atoms with Gasteiger partial charge in [0.25, 0.3) is 5.91 Å². The van der Waals surface area contributed by atoms with Crippen molar-refractivity contribution < 1.29 is 27.3 Å². The fourth-order valence-electron chi connectivity index (χ4n) is 2.52. The van der Waals surface area contributed by atoms with Crippen LogP contribution in [0.15, 0.2) is 63.8 Å². The van der Waals surface area contributed by atoms with Crippen molar-refractivity contribution in [1.82, 2.24) is 0 Å². The largest absolute Gasteiger partial charge is 0.463 e. The molecule has 2 aromatic heterocycles. The summed E-state index contributed by atoms with van der Waals surface area (Å²) in [5.41, 5.74) is -0.0539. The maximum Gasteiger partial charge on any atom is 0.279 e. The van der Waals surface area contributed by atoms with Crippen LogP contribution in [0, 0.1) is 11.6 Å². The molecule has 2 N–H and O–H groups in total. The van der Waals surface area contributed by atoms with Crippen LogP contribution in [0.4, 0.5) is 14.5 Å². The predicted molar refractivity (Wildman–Crippen MR) is 85.6 cm³/mol. The highest BCUT2D eigenvalue weighted by Crippen LogP contribution is 2.14. The standard InChI is InChI=1S/C18H16F2N2O3/c19-13-5-6-17(16(20)9-13)21-18(23)12-22(10-14-3-1-7-24-14)11-15-4-2-8-25-15/h1-9H,10-12H2,(H,21,23)/p+1. The third-order valence-electron chi connectivity index (χ3n) is 3.62. The van der Waals surface area contributed by atoms with Gasteiger partial charge in [-0.15, -0.1) is 0 Å². The van der Waals surface area contributed by atoms with Crippen molar-refractivity contribution in [3.8, 4) is 0 Å². The Hall–Kier alpha value is -2.93. The molecule has 7 heteroatoms. The topological polar surface area (TPSA) is 59.8 Å². The number of furan rings is 2. The van der Waals surface area contributed by atoms with E-state index in [2.05, 4.69) is 5.32 Å². The van der Waals surface area contributed by atoms with Crippen LogP contribution in [0.1, 0.15) is 11.5 Å². The van der Waals surface area contributed by atoms with E-state index in [1.54, 1.807) is 24.7 Å². The molecule has 5 nitrogen and oxygen atoms in total. The van der Waals surface area contributed by atoms with Gasteiger partial charge in [0, 0.05) is 6.07 Å². The van der Waals surface area contributed by atoms with Gasteiger partial charge in [0.2, 0.25) is 0 Å². The van der Waals surface area contributed by atoms with E-state index in [-0.39, 0.29) is 12.2 Å². The molecule has 0 saturated carbocycles. The zero-order chi connectivity index (χ0) is 17.6. The van der Waals surface area contributed by atoms with Crippen LogP contribution in [0.3, 0.4) is 0 Å². The summed E-state index contributed by atoms with van der Waals surface area (Å²) in [4.78, 5) is 13.1. The molecule has 25 heavy (non-hydrogen) atoms. The molecule has 0 aliphatic heterocycles. The van der Waals surface area contributed by atoms with Gasteiger partial charge in [0.05, 0.1) is 18.2 Å². The lowest BCUT2D eigenvalue weighted by molar-refractivity contribution is -0.921. The molecule has 0 saturated heterocycles. The zero-order valence-electron chi connectivity index (χ0n) is 13.3. The van der Waals surface area contributed by atoms with Gasteiger partial charge in [-0.05, 0) is 36.4 Å². The minimum Gasteiger partial charge on any atom is -0.463 e. The molecule has 0 aliphatic carbocycles. The minimum atomic E-state index is -0.813. The Morgan fingerprint density at radius 1 is 1.00 bits per heavy atom. The van der Waals surface area contributed by atoms with E-state index in [0.29, 0.717) is 13.1 Å². The van der Waals surface area contributed by atoms with Crippen LogP contribution in [-0.2, 0) is 17.9 Å². The van der Waals surface area contributed by atoms with Crippen LogP contribution >= 0.6 is 0 Å². The third-order valence-corrected chi connectivity index (χ3v) is 3.62. The molecule has 0 atom stereocenters. The first-order chi connectivity index (χ1) is 12.1. The molecule has 1 amide bonds. The summed E-state index contributed by atoms with van der Waals surface area (Å²) in [5, 5.41) is 2.46. The quantitative estimate of drug-likeness (QED) is 0.690. The van der Waals surface area contributed by atoms with Crippen LogP contribution in [0.5, 0.6) is 0 Å². The number of benzene rings is 1. The van der Waals surface area contributed by atoms with Gasteiger partial charge in [-0.1, -0.05) is 0 Å². The second kappa shape index (κ2) is 7.76. The Morgan fingerprint density at radius 3 is 2.16 bits per heavy atom. The summed E-state index contributed by atoms with van der Waals surface area (Å²) in [6.07, 6.45) is 3.13. The van der Waals surface area contributed by atoms with Gasteiger partial charge in [0.15, 0.2) is 18.1 Å². The van der Waals surface area contributed by atoms with Gasteiger partial charge in [-0.3, -0.25) is 4.79 Å². The molecule has 0 bridgehead atoms. The van der Waals surface area contributed by atoms with Crippen molar-refractivity contribution in [2.45, 2.75) is 13.1 Å². The van der Waals surface area contributed by atoms with Crippen molar-refractivity contribution >= 4 is 11.6 Å². The van der Waals surface area contributed by atoms with Crippen LogP contribution in [0.2, 0.25) is 0 Å². The SMILES string of the molecule is O=C(C[NH+](Cc1ccco1)Cc1ccco1)Nc1ccc(F)cc1F. The summed E-state index contributed by atoms with van der Waals surface area (Å²) >= 11 is 0. The van der Waals surface area contributed by atoms with Crippen molar-refractivity contribution in [3.05, 3.63) is 78.1 Å². The first kappa shape index (κ1) is 16.9. The number of nitrogens with one attached hydrogen (secondary N) is 2. The number of rotatable bonds is 7. The number of hydrogen-bond acceptors (Lipinski definition) is 3. The highest BCUT2D eigenvalue weighted by molar-refractivity contribution is 5.91. The Labute approximate surface area is 142 Å². The maximum absolute atomic E-state index is 13.7. The smallest absolute Gasteiger partial charge is 0.279 e. The van der Waals surface area contributed by atoms with Crippen LogP contribution < -0.4 is 10.2 Å². The third kappa shape index (κ3) is 4.77. The van der Waals surface area contributed by atoms with Crippen molar-refractivity contribution in [2.75, 3.05) is 11.9 Å². The normalized spacial score (nSPS) is 11.0. The lowest BCUT2D eigenvalue weighted by Crippen LogP contribution is -3.10. The van der Waals surface area contributed by atoms with Gasteiger partial charge in [0.1, 0.15) is 24.7 Å². The summed E-state index contributed by atoms with van der Waals surface area (Å²) in [7, 11) is 0. The summed E-state index contributed by atoms with van der Waals surface area (Å²) in [5.74, 6) is -0.450. The molecule has 0 aliphatic rings. The van der Waals surface area contributed by atoms with Crippen molar-refractivity contribution in [1.29, 1.82) is 0 Å². The zero-order valence-corrected chi connectivity index (χ0v) is 13.3. The van der Waals surface area contributed by atoms with E-state index < -0.39 is 17.5 Å². The molecular weight excluding hydrogens is 330 g/mol. The fraction of sp³-hybridized carbons (Fsp3) is 0.167. The minimum absolute atomic E-state index is 0.0539. The summed E-state index contributed by atoms with van der Waals surface area (Å²) < 4.78 is 37.3. The number of quaternary nitrogens is 1. The number of carbonyl (C=O) groups is 1. The number of amides is 1. The van der Waals surface area contributed by atoms with Crippen molar-refractivity contribution in [3.63, 3.8) is 0 Å². The summed E-state index contributed by atoms with van der Waals surface area (Å²) in [6.45, 7) is 0.998. The number of anilines is 1. The van der Waals surface area contributed by atoms with E-state index in [4.69, 9.17) is 8.83 Å². The van der Waals surface area contributed by atoms with Crippen molar-refractivity contribution in [2.24, 2.45) is 0 Å². The molecule has 3 rings (SSSR count). The molecule has 1 aromatic carbocycles. The second-order valence-corrected chi connectivity index (χ2v) is 5.61. The molecule has 2 heterocycles. The van der Waals surface area contributed by atoms with E-state index in [9.17, 15) is 13.6 Å². The molecule has 0 spiro atoms. The monoisotopic (exact) mass is 347 g/mol. The Balaban J connectivity index is 1.66. The molecule has 0 unspecified atom stereocenters. The first-order valence-corrected chi connectivity index (χ1v) is 7.73. The molecule has 0 radical (unpaired) electrons. The van der Waals surface area contributed by atoms with E-state index in [1.165, 1.54) is 6.07 Å². The highest BCUT2D eigenvalue weighted by Gasteiger charge is 2.19. The van der Waals surface area contributed by atoms with E-state index in [1.807, 2.05) is 12.1 Å². The molecular formula is C18H17F2N2O3+. The first-order valence-electron chi connectivity index (χ1n) is 7.73. The Kier molecular flexibility index (Phi) is 5.25. The van der Waals surface area contributed by atoms with Gasteiger partial charge >= 0.3 is 0 Å². The molecule has 0 fully saturated rings. The van der Waals surface area contributed by atoms with Crippen LogP contribution in [-0.4, -0.2) is 12.5 Å². The second-order valence-electron chi connectivity index (χ2n) is 5.61. The number of halogens is 2. The average molecular weight is 347 g/mol. The highest BCUT2D eigenvalue weighted by atomic mass is 19.1. The van der Waals surface area contributed by atoms with Gasteiger partial charge in [-0.2, -0.15) is 0 Å². The molecule has 130 valence electrons. The maximum atomic E-state index is 13.7.